The monoisotopic (exact) mass is 465 g/mol. The number of hydrogen-bond donors (Lipinski definition) is 1. The molecule has 5 rings (SSSR count). The highest BCUT2D eigenvalue weighted by molar-refractivity contribution is 5.90. The van der Waals surface area contributed by atoms with E-state index in [2.05, 4.69) is 52.7 Å². The SMILES string of the molecule is N#Cc1ccc2c(c1)CCN(CCC1CCC(NC(=O)Cc3cccc4ccccc34)CC1)CC2. The Morgan fingerprint density at radius 2 is 1.71 bits per heavy atom. The number of benzene rings is 3. The van der Waals surface area contributed by atoms with Crippen molar-refractivity contribution in [3.8, 4) is 6.07 Å². The van der Waals surface area contributed by atoms with Gasteiger partial charge in [0.05, 0.1) is 18.1 Å². The molecular weight excluding hydrogens is 430 g/mol. The summed E-state index contributed by atoms with van der Waals surface area (Å²) in [6.07, 6.45) is 8.42. The van der Waals surface area contributed by atoms with Gasteiger partial charge in [0.1, 0.15) is 0 Å². The molecule has 1 N–H and O–H groups in total. The quantitative estimate of drug-likeness (QED) is 0.529. The predicted molar refractivity (Wildman–Crippen MR) is 141 cm³/mol. The fourth-order valence-corrected chi connectivity index (χ4v) is 5.92. The molecule has 0 spiro atoms. The minimum atomic E-state index is 0.147. The van der Waals surface area contributed by atoms with E-state index >= 15 is 0 Å². The van der Waals surface area contributed by atoms with Crippen molar-refractivity contribution in [2.24, 2.45) is 5.92 Å². The topological polar surface area (TPSA) is 56.1 Å². The van der Waals surface area contributed by atoms with Crippen LogP contribution >= 0.6 is 0 Å². The second kappa shape index (κ2) is 11.1. The highest BCUT2D eigenvalue weighted by atomic mass is 16.1. The lowest BCUT2D eigenvalue weighted by Crippen LogP contribution is -2.39. The van der Waals surface area contributed by atoms with E-state index in [1.807, 2.05) is 24.3 Å². The maximum atomic E-state index is 12.8. The Balaban J connectivity index is 1.05. The highest BCUT2D eigenvalue weighted by Gasteiger charge is 2.23. The van der Waals surface area contributed by atoms with Crippen molar-refractivity contribution in [1.82, 2.24) is 10.2 Å². The van der Waals surface area contributed by atoms with Gasteiger partial charge in [0.25, 0.3) is 0 Å². The average molecular weight is 466 g/mol. The Bertz CT molecular complexity index is 1210. The normalized spacial score (nSPS) is 20.5. The van der Waals surface area contributed by atoms with Crippen LogP contribution in [0.2, 0.25) is 0 Å². The number of nitriles is 1. The van der Waals surface area contributed by atoms with Crippen LogP contribution in [0, 0.1) is 17.2 Å². The number of rotatable bonds is 6. The molecule has 4 heteroatoms. The van der Waals surface area contributed by atoms with Crippen LogP contribution < -0.4 is 5.32 Å². The number of fused-ring (bicyclic) bond motifs is 2. The van der Waals surface area contributed by atoms with E-state index in [-0.39, 0.29) is 5.91 Å². The van der Waals surface area contributed by atoms with Crippen LogP contribution in [-0.4, -0.2) is 36.5 Å². The maximum Gasteiger partial charge on any atom is 0.224 e. The third-order valence-corrected chi connectivity index (χ3v) is 8.03. The maximum absolute atomic E-state index is 12.8. The van der Waals surface area contributed by atoms with E-state index in [4.69, 9.17) is 0 Å². The molecule has 1 amide bonds. The zero-order valence-electron chi connectivity index (χ0n) is 20.5. The molecule has 0 unspecified atom stereocenters. The number of carbonyl (C=O) groups excluding carboxylic acids is 1. The minimum absolute atomic E-state index is 0.147. The van der Waals surface area contributed by atoms with Gasteiger partial charge in [-0.1, -0.05) is 48.5 Å². The van der Waals surface area contributed by atoms with Gasteiger partial charge in [0, 0.05) is 19.1 Å². The van der Waals surface area contributed by atoms with E-state index in [0.29, 0.717) is 12.5 Å². The van der Waals surface area contributed by atoms with Crippen molar-refractivity contribution in [2.75, 3.05) is 19.6 Å². The first-order valence-corrected chi connectivity index (χ1v) is 13.2. The van der Waals surface area contributed by atoms with E-state index in [0.717, 1.165) is 62.4 Å². The molecule has 35 heavy (non-hydrogen) atoms. The van der Waals surface area contributed by atoms with Crippen LogP contribution in [-0.2, 0) is 24.1 Å². The summed E-state index contributed by atoms with van der Waals surface area (Å²) < 4.78 is 0. The minimum Gasteiger partial charge on any atom is -0.353 e. The van der Waals surface area contributed by atoms with Crippen LogP contribution in [0.25, 0.3) is 10.8 Å². The Labute approximate surface area is 208 Å². The Morgan fingerprint density at radius 3 is 2.54 bits per heavy atom. The van der Waals surface area contributed by atoms with Gasteiger partial charge in [-0.05, 0) is 97.0 Å². The summed E-state index contributed by atoms with van der Waals surface area (Å²) >= 11 is 0. The number of carbonyl (C=O) groups is 1. The lowest BCUT2D eigenvalue weighted by molar-refractivity contribution is -0.121. The molecule has 180 valence electrons. The molecule has 0 radical (unpaired) electrons. The zero-order valence-corrected chi connectivity index (χ0v) is 20.5. The smallest absolute Gasteiger partial charge is 0.224 e. The molecule has 0 bridgehead atoms. The lowest BCUT2D eigenvalue weighted by Gasteiger charge is -2.31. The summed E-state index contributed by atoms with van der Waals surface area (Å²) in [6.45, 7) is 3.35. The second-order valence-electron chi connectivity index (χ2n) is 10.3. The van der Waals surface area contributed by atoms with Crippen molar-refractivity contribution in [3.05, 3.63) is 82.9 Å². The van der Waals surface area contributed by atoms with Crippen molar-refractivity contribution in [1.29, 1.82) is 5.26 Å². The first kappa shape index (κ1) is 23.6. The van der Waals surface area contributed by atoms with Gasteiger partial charge < -0.3 is 10.2 Å². The summed E-state index contributed by atoms with van der Waals surface area (Å²) in [5.74, 6) is 0.908. The van der Waals surface area contributed by atoms with Crippen LogP contribution in [0.1, 0.15) is 54.4 Å². The summed E-state index contributed by atoms with van der Waals surface area (Å²) in [7, 11) is 0. The van der Waals surface area contributed by atoms with Gasteiger partial charge in [-0.2, -0.15) is 5.26 Å². The molecule has 1 saturated carbocycles. The number of amides is 1. The molecule has 1 heterocycles. The van der Waals surface area contributed by atoms with Crippen LogP contribution in [0.15, 0.2) is 60.7 Å². The van der Waals surface area contributed by atoms with Gasteiger partial charge >= 0.3 is 0 Å². The molecular formula is C31H35N3O. The van der Waals surface area contributed by atoms with Crippen LogP contribution in [0.5, 0.6) is 0 Å². The summed E-state index contributed by atoms with van der Waals surface area (Å²) in [5.41, 5.74) is 4.65. The molecule has 0 saturated heterocycles. The van der Waals surface area contributed by atoms with E-state index in [1.54, 1.807) is 0 Å². The molecule has 2 aliphatic rings. The fraction of sp³-hybridized carbons (Fsp3) is 0.419. The lowest BCUT2D eigenvalue weighted by atomic mass is 9.84. The molecule has 3 aromatic rings. The van der Waals surface area contributed by atoms with Gasteiger partial charge in [-0.3, -0.25) is 4.79 Å². The molecule has 0 aromatic heterocycles. The second-order valence-corrected chi connectivity index (χ2v) is 10.3. The van der Waals surface area contributed by atoms with Crippen molar-refractivity contribution < 1.29 is 4.79 Å². The molecule has 3 aromatic carbocycles. The Kier molecular flexibility index (Phi) is 7.45. The first-order chi connectivity index (χ1) is 17.2. The first-order valence-electron chi connectivity index (χ1n) is 13.2. The Morgan fingerprint density at radius 1 is 0.943 bits per heavy atom. The molecule has 4 nitrogen and oxygen atoms in total. The summed E-state index contributed by atoms with van der Waals surface area (Å²) in [5, 5.41) is 14.9. The standard InChI is InChI=1S/C31H35N3O/c32-22-24-8-11-25-15-18-34(19-16-27(25)20-24)17-14-23-9-12-29(13-10-23)33-31(35)21-28-6-3-5-26-4-1-2-7-30(26)28/h1-8,11,20,23,29H,9-10,12-19,21H2,(H,33,35). The largest absolute Gasteiger partial charge is 0.353 e. The van der Waals surface area contributed by atoms with Crippen LogP contribution in [0.4, 0.5) is 0 Å². The third-order valence-electron chi connectivity index (χ3n) is 8.03. The molecule has 0 atom stereocenters. The van der Waals surface area contributed by atoms with Gasteiger partial charge in [-0.15, -0.1) is 0 Å². The third kappa shape index (κ3) is 5.92. The zero-order chi connectivity index (χ0) is 24.0. The molecule has 1 aliphatic carbocycles. The van der Waals surface area contributed by atoms with Crippen LogP contribution in [0.3, 0.4) is 0 Å². The highest BCUT2D eigenvalue weighted by Crippen LogP contribution is 2.28. The van der Waals surface area contributed by atoms with Gasteiger partial charge in [-0.25, -0.2) is 0 Å². The number of hydrogen-bond acceptors (Lipinski definition) is 3. The number of nitrogens with zero attached hydrogens (tertiary/aromatic N) is 2. The van der Waals surface area contributed by atoms with Crippen molar-refractivity contribution in [2.45, 2.75) is 57.4 Å². The number of nitrogens with one attached hydrogen (secondary N) is 1. The fourth-order valence-electron chi connectivity index (χ4n) is 5.92. The van der Waals surface area contributed by atoms with E-state index in [1.165, 1.54) is 41.2 Å². The van der Waals surface area contributed by atoms with E-state index in [9.17, 15) is 10.1 Å². The molecule has 1 aliphatic heterocycles. The van der Waals surface area contributed by atoms with Crippen molar-refractivity contribution in [3.63, 3.8) is 0 Å². The van der Waals surface area contributed by atoms with Crippen molar-refractivity contribution >= 4 is 16.7 Å². The average Bonchev–Trinajstić information content (AvgIpc) is 3.10. The summed E-state index contributed by atoms with van der Waals surface area (Å²) in [4.78, 5) is 15.4. The molecule has 1 fully saturated rings. The predicted octanol–water partition coefficient (Wildman–Crippen LogP) is 5.42. The van der Waals surface area contributed by atoms with E-state index < -0.39 is 0 Å². The van der Waals surface area contributed by atoms with Gasteiger partial charge in [0.15, 0.2) is 0 Å². The Hall–Kier alpha value is -3.16. The van der Waals surface area contributed by atoms with Gasteiger partial charge in [0.2, 0.25) is 5.91 Å². The summed E-state index contributed by atoms with van der Waals surface area (Å²) in [6, 6.07) is 23.3.